The summed E-state index contributed by atoms with van der Waals surface area (Å²) in [4.78, 5) is 17.3. The van der Waals surface area contributed by atoms with Crippen molar-refractivity contribution < 1.29 is 4.79 Å². The molecule has 0 spiro atoms. The third-order valence-corrected chi connectivity index (χ3v) is 4.20. The number of nitrogens with zero attached hydrogens (tertiary/aromatic N) is 1. The molecule has 2 N–H and O–H groups in total. The quantitative estimate of drug-likeness (QED) is 0.898. The van der Waals surface area contributed by atoms with E-state index in [9.17, 15) is 4.79 Å². The second kappa shape index (κ2) is 5.50. The maximum atomic E-state index is 12.1. The average molecular weight is 273 g/mol. The Morgan fingerprint density at radius 1 is 1.37 bits per heavy atom. The number of thiazole rings is 1. The Labute approximate surface area is 115 Å². The first-order chi connectivity index (χ1) is 9.33. The van der Waals surface area contributed by atoms with Crippen LogP contribution in [0.2, 0.25) is 0 Å². The van der Waals surface area contributed by atoms with Crippen molar-refractivity contribution in [3.8, 4) is 10.4 Å². The topological polar surface area (TPSA) is 54.0 Å². The molecule has 1 aliphatic heterocycles. The average Bonchev–Trinajstić information content (AvgIpc) is 3.10. The van der Waals surface area contributed by atoms with Crippen LogP contribution in [0.15, 0.2) is 36.5 Å². The third kappa shape index (κ3) is 2.83. The van der Waals surface area contributed by atoms with E-state index in [1.807, 2.05) is 30.3 Å². The van der Waals surface area contributed by atoms with Crippen molar-refractivity contribution in [1.82, 2.24) is 15.6 Å². The molecule has 0 radical (unpaired) electrons. The second-order valence-electron chi connectivity index (χ2n) is 4.56. The first-order valence-electron chi connectivity index (χ1n) is 6.36. The van der Waals surface area contributed by atoms with Crippen LogP contribution >= 0.6 is 11.3 Å². The molecule has 1 fully saturated rings. The van der Waals surface area contributed by atoms with Crippen LogP contribution in [0, 0.1) is 0 Å². The van der Waals surface area contributed by atoms with Gasteiger partial charge in [0.05, 0.1) is 4.88 Å². The van der Waals surface area contributed by atoms with Gasteiger partial charge in [-0.05, 0) is 18.5 Å². The zero-order valence-corrected chi connectivity index (χ0v) is 11.2. The van der Waals surface area contributed by atoms with Crippen LogP contribution in [-0.2, 0) is 0 Å². The van der Waals surface area contributed by atoms with Crippen LogP contribution < -0.4 is 10.6 Å². The van der Waals surface area contributed by atoms with E-state index in [4.69, 9.17) is 0 Å². The Bertz CT molecular complexity index is 561. The molecule has 1 unspecified atom stereocenters. The van der Waals surface area contributed by atoms with Gasteiger partial charge in [-0.25, -0.2) is 4.98 Å². The van der Waals surface area contributed by atoms with Gasteiger partial charge in [-0.15, -0.1) is 11.3 Å². The van der Waals surface area contributed by atoms with E-state index >= 15 is 0 Å². The van der Waals surface area contributed by atoms with Crippen molar-refractivity contribution in [2.24, 2.45) is 0 Å². The molecule has 19 heavy (non-hydrogen) atoms. The normalized spacial score (nSPS) is 18.4. The lowest BCUT2D eigenvalue weighted by atomic mass is 10.2. The van der Waals surface area contributed by atoms with Crippen molar-refractivity contribution in [3.05, 3.63) is 41.5 Å². The lowest BCUT2D eigenvalue weighted by Gasteiger charge is -2.08. The van der Waals surface area contributed by atoms with Gasteiger partial charge in [0.25, 0.3) is 5.91 Å². The molecule has 1 atom stereocenters. The minimum atomic E-state index is -0.0686. The molecular weight excluding hydrogens is 258 g/mol. The van der Waals surface area contributed by atoms with E-state index in [2.05, 4.69) is 15.6 Å². The summed E-state index contributed by atoms with van der Waals surface area (Å²) in [7, 11) is 0. The number of amides is 1. The maximum Gasteiger partial charge on any atom is 0.280 e. The molecule has 0 saturated carbocycles. The smallest absolute Gasteiger partial charge is 0.280 e. The summed E-state index contributed by atoms with van der Waals surface area (Å²) < 4.78 is 0. The maximum absolute atomic E-state index is 12.1. The van der Waals surface area contributed by atoms with Gasteiger partial charge in [0, 0.05) is 18.8 Å². The fraction of sp³-hybridized carbons (Fsp3) is 0.286. The molecule has 3 rings (SSSR count). The predicted molar refractivity (Wildman–Crippen MR) is 76.3 cm³/mol. The van der Waals surface area contributed by atoms with E-state index in [0.717, 1.165) is 30.0 Å². The molecule has 1 aliphatic rings. The Kier molecular flexibility index (Phi) is 3.57. The van der Waals surface area contributed by atoms with Crippen LogP contribution in [0.1, 0.15) is 16.2 Å². The fourth-order valence-electron chi connectivity index (χ4n) is 2.14. The number of nitrogens with one attached hydrogen (secondary N) is 2. The summed E-state index contributed by atoms with van der Waals surface area (Å²) in [5.74, 6) is -0.0686. The van der Waals surface area contributed by atoms with Gasteiger partial charge in [-0.3, -0.25) is 4.79 Å². The van der Waals surface area contributed by atoms with E-state index in [1.165, 1.54) is 11.3 Å². The minimum absolute atomic E-state index is 0.0686. The predicted octanol–water partition coefficient (Wildman–Crippen LogP) is 1.90. The monoisotopic (exact) mass is 273 g/mol. The first-order valence-corrected chi connectivity index (χ1v) is 7.17. The molecule has 0 aliphatic carbocycles. The Hall–Kier alpha value is -1.72. The summed E-state index contributed by atoms with van der Waals surface area (Å²) in [6.45, 7) is 1.82. The van der Waals surface area contributed by atoms with Crippen LogP contribution in [0.3, 0.4) is 0 Å². The molecule has 1 aromatic carbocycles. The van der Waals surface area contributed by atoms with Gasteiger partial charge in [-0.2, -0.15) is 0 Å². The summed E-state index contributed by atoms with van der Waals surface area (Å²) in [5.41, 5.74) is 1.10. The van der Waals surface area contributed by atoms with Crippen molar-refractivity contribution in [3.63, 3.8) is 0 Å². The summed E-state index contributed by atoms with van der Waals surface area (Å²) >= 11 is 1.43. The standard InChI is InChI=1S/C14H15N3OS/c18-13(17-11-6-7-15-8-11)14-16-9-12(19-14)10-4-2-1-3-5-10/h1-5,9,11,15H,6-8H2,(H,17,18). The zero-order valence-electron chi connectivity index (χ0n) is 10.4. The van der Waals surface area contributed by atoms with Crippen LogP contribution in [-0.4, -0.2) is 30.0 Å². The van der Waals surface area contributed by atoms with Gasteiger partial charge in [0.1, 0.15) is 0 Å². The molecular formula is C14H15N3OS. The van der Waals surface area contributed by atoms with Gasteiger partial charge in [-0.1, -0.05) is 30.3 Å². The molecule has 4 nitrogen and oxygen atoms in total. The lowest BCUT2D eigenvalue weighted by molar-refractivity contribution is 0.0939. The SMILES string of the molecule is O=C(NC1CCNC1)c1ncc(-c2ccccc2)s1. The molecule has 1 saturated heterocycles. The number of hydrogen-bond donors (Lipinski definition) is 2. The van der Waals surface area contributed by atoms with Crippen molar-refractivity contribution in [1.29, 1.82) is 0 Å². The van der Waals surface area contributed by atoms with Crippen LogP contribution in [0.4, 0.5) is 0 Å². The van der Waals surface area contributed by atoms with Crippen molar-refractivity contribution in [2.75, 3.05) is 13.1 Å². The largest absolute Gasteiger partial charge is 0.346 e. The first kappa shape index (κ1) is 12.3. The number of benzene rings is 1. The molecule has 1 aromatic heterocycles. The highest BCUT2D eigenvalue weighted by Gasteiger charge is 2.19. The van der Waals surface area contributed by atoms with Crippen molar-refractivity contribution in [2.45, 2.75) is 12.5 Å². The second-order valence-corrected chi connectivity index (χ2v) is 5.59. The fourth-order valence-corrected chi connectivity index (χ4v) is 2.96. The Morgan fingerprint density at radius 3 is 2.95 bits per heavy atom. The number of hydrogen-bond acceptors (Lipinski definition) is 4. The number of carbonyl (C=O) groups excluding carboxylic acids is 1. The summed E-state index contributed by atoms with van der Waals surface area (Å²) in [5, 5.41) is 6.77. The van der Waals surface area contributed by atoms with E-state index < -0.39 is 0 Å². The molecule has 0 bridgehead atoms. The van der Waals surface area contributed by atoms with E-state index in [1.54, 1.807) is 6.20 Å². The van der Waals surface area contributed by atoms with Gasteiger partial charge in [0.2, 0.25) is 0 Å². The lowest BCUT2D eigenvalue weighted by Crippen LogP contribution is -2.36. The number of rotatable bonds is 3. The number of carbonyl (C=O) groups is 1. The van der Waals surface area contributed by atoms with Gasteiger partial charge >= 0.3 is 0 Å². The Morgan fingerprint density at radius 2 is 2.21 bits per heavy atom. The van der Waals surface area contributed by atoms with Crippen molar-refractivity contribution >= 4 is 17.2 Å². The molecule has 1 amide bonds. The molecule has 98 valence electrons. The van der Waals surface area contributed by atoms with E-state index in [-0.39, 0.29) is 11.9 Å². The highest BCUT2D eigenvalue weighted by atomic mass is 32.1. The van der Waals surface area contributed by atoms with E-state index in [0.29, 0.717) is 5.01 Å². The minimum Gasteiger partial charge on any atom is -0.346 e. The molecule has 2 aromatic rings. The highest BCUT2D eigenvalue weighted by Crippen LogP contribution is 2.25. The number of aromatic nitrogens is 1. The summed E-state index contributed by atoms with van der Waals surface area (Å²) in [6, 6.07) is 10.2. The van der Waals surface area contributed by atoms with Gasteiger partial charge in [0.15, 0.2) is 5.01 Å². The highest BCUT2D eigenvalue weighted by molar-refractivity contribution is 7.16. The van der Waals surface area contributed by atoms with Crippen LogP contribution in [0.25, 0.3) is 10.4 Å². The zero-order chi connectivity index (χ0) is 13.1. The van der Waals surface area contributed by atoms with Gasteiger partial charge < -0.3 is 10.6 Å². The van der Waals surface area contributed by atoms with Crippen LogP contribution in [0.5, 0.6) is 0 Å². The third-order valence-electron chi connectivity index (χ3n) is 3.15. The molecule has 2 heterocycles. The summed E-state index contributed by atoms with van der Waals surface area (Å²) in [6.07, 6.45) is 2.75. The Balaban J connectivity index is 1.72. The molecule has 5 heteroatoms.